The number of benzene rings is 2. The van der Waals surface area contributed by atoms with Gasteiger partial charge in [-0.2, -0.15) is 17.6 Å². The van der Waals surface area contributed by atoms with Crippen molar-refractivity contribution in [1.82, 2.24) is 29.7 Å². The molecule has 5 saturated carbocycles. The van der Waals surface area contributed by atoms with Crippen molar-refractivity contribution in [3.8, 4) is 23.3 Å². The molecule has 13 rings (SSSR count). The monoisotopic (exact) mass is 1440 g/mol. The van der Waals surface area contributed by atoms with Crippen LogP contribution >= 0.6 is 0 Å². The first-order valence-electron chi connectivity index (χ1n) is 35.5. The minimum Gasteiger partial charge on any atom is -0.540 e. The number of alkyl halides is 4. The molecule has 4 bridgehead atoms. The molecule has 2 aromatic heterocycles. The number of rotatable bonds is 6. The van der Waals surface area contributed by atoms with Crippen LogP contribution in [0.2, 0.25) is 0 Å². The van der Waals surface area contributed by atoms with E-state index in [0.29, 0.717) is 66.5 Å². The van der Waals surface area contributed by atoms with Crippen LogP contribution in [0.25, 0.3) is 22.1 Å². The standard InChI is InChI=1S/C37H46F2N3O6.C37H48F2N3O6.2V/c1-21-29(20-43)42-19-31(21)48-34-33(40-27-11-10-23(46-3)17-28(27)41-34)37(38,39)14-8-5-9-24-25-15-22(25)16-30(24)47-32(44)18-26(35(42)45)36(2)12-6-4-7-13-36;1-23-29(22-43)42-21-30(23)47-33-32(40-27-14-13-25(46-4)19-28(27)41-33)37(38,39)18-9-6-11-24-12-10-17-36(24,3)48-31(44)20-26(34(42)45)35(2)15-7-5-8-16-35;;/h10-11,17,21-22,24-26,29-31H,4-9,12-16,18-19H2,1-3H3;13-14,19,23-24,26,29-30H,5-12,15-18,20-21H2,1-4H3;;/q2*-1;;/t21-,22?,24+,25?,26+,29+,30+,31-;23-,24+,26+,29+,30-,36+;;/m00../s1. The fraction of sp³-hybridized carbons (Fsp3) is 0.703. The number of aromatic nitrogens is 4. The van der Waals surface area contributed by atoms with Gasteiger partial charge in [-0.1, -0.05) is 91.1 Å². The molecule has 5 aliphatic carbocycles. The Bertz CT molecular complexity index is 3450. The fourth-order valence-corrected chi connectivity index (χ4v) is 18.0. The van der Waals surface area contributed by atoms with Gasteiger partial charge in [0.2, 0.25) is 23.6 Å². The third-order valence-corrected chi connectivity index (χ3v) is 24.1. The molecule has 98 heavy (non-hydrogen) atoms. The predicted molar refractivity (Wildman–Crippen MR) is 346 cm³/mol. The van der Waals surface area contributed by atoms with Crippen molar-refractivity contribution >= 4 is 58.4 Å². The van der Waals surface area contributed by atoms with E-state index in [1.165, 1.54) is 24.0 Å². The van der Waals surface area contributed by atoms with Gasteiger partial charge in [0, 0.05) is 62.1 Å². The largest absolute Gasteiger partial charge is 0.540 e. The molecule has 2 unspecified atom stereocenters. The van der Waals surface area contributed by atoms with Gasteiger partial charge >= 0.3 is 11.9 Å². The molecule has 0 N–H and O–H groups in total. The number of hydrogen-bond acceptors (Lipinski definition) is 16. The molecule has 2 saturated heterocycles. The molecular formula is C74H94F4N6O12V2-2. The van der Waals surface area contributed by atoms with Crippen LogP contribution in [0.1, 0.15) is 207 Å². The van der Waals surface area contributed by atoms with Gasteiger partial charge in [0.05, 0.1) is 74.1 Å². The molecule has 7 fully saturated rings. The topological polar surface area (TPSA) is 216 Å². The normalized spacial score (nSPS) is 33.1. The minimum absolute atomic E-state index is 0. The van der Waals surface area contributed by atoms with Crippen molar-refractivity contribution in [1.29, 1.82) is 0 Å². The summed E-state index contributed by atoms with van der Waals surface area (Å²) in [6.45, 7) is 9.52. The second-order valence-corrected chi connectivity index (χ2v) is 30.4. The number of hydrogen-bond donors (Lipinski definition) is 0. The summed E-state index contributed by atoms with van der Waals surface area (Å²) >= 11 is 0. The number of carbonyl (C=O) groups excluding carboxylic acids is 6. The third kappa shape index (κ3) is 15.4. The van der Waals surface area contributed by atoms with Gasteiger partial charge in [-0.3, -0.25) is 19.2 Å². The molecule has 14 atom stereocenters. The van der Waals surface area contributed by atoms with E-state index in [1.54, 1.807) is 50.2 Å². The Morgan fingerprint density at radius 1 is 0.510 bits per heavy atom. The van der Waals surface area contributed by atoms with Gasteiger partial charge < -0.3 is 47.8 Å². The van der Waals surface area contributed by atoms with Crippen molar-refractivity contribution in [2.24, 2.45) is 58.2 Å². The zero-order valence-corrected chi connectivity index (χ0v) is 60.3. The van der Waals surface area contributed by atoms with Gasteiger partial charge in [-0.25, -0.2) is 32.5 Å². The second kappa shape index (κ2) is 30.6. The molecule has 2 aromatic carbocycles. The summed E-state index contributed by atoms with van der Waals surface area (Å²) in [5, 5.41) is 0. The Balaban J connectivity index is 0.000000208. The SMILES string of the molecule is COc1ccc2nc3c(nc2c1)O[C@H]1CN(C(=O)[C@H](C2(C)CCCCC2)CC(=O)O[C@@H]2CC4CC4[C@H]2CCCCC3(F)F)[C@H]([C-]=O)[C@@H]1C.COc1ccc2nc3c(nc2c1)O[C@H]1CN(C(=O)[C@H](C2(C)CCCCC2)CC(=O)O[C@]2(C)CCC[C@H]2CCCCC3(F)F)[C@H]([C-]=O)[C@@H]1C.[V].[V]. The summed E-state index contributed by atoms with van der Waals surface area (Å²) in [6.07, 6.45) is 17.4. The first kappa shape index (κ1) is 75.1. The van der Waals surface area contributed by atoms with Crippen LogP contribution in [-0.4, -0.2) is 129 Å². The van der Waals surface area contributed by atoms with Crippen LogP contribution in [0.15, 0.2) is 36.4 Å². The summed E-state index contributed by atoms with van der Waals surface area (Å²) < 4.78 is 100. The van der Waals surface area contributed by atoms with Crippen LogP contribution in [0, 0.1) is 58.2 Å². The zero-order chi connectivity index (χ0) is 68.1. The van der Waals surface area contributed by atoms with Crippen molar-refractivity contribution in [3.63, 3.8) is 0 Å². The van der Waals surface area contributed by atoms with Gasteiger partial charge in [0.1, 0.15) is 35.4 Å². The number of esters is 2. The van der Waals surface area contributed by atoms with Crippen molar-refractivity contribution < 1.29 is 112 Å². The summed E-state index contributed by atoms with van der Waals surface area (Å²) in [5.41, 5.74) is -1.50. The first-order chi connectivity index (χ1) is 45.9. The molecule has 9 aliphatic rings. The number of methoxy groups -OCH3 is 2. The summed E-state index contributed by atoms with van der Waals surface area (Å²) in [5.74, 6) is -9.20. The number of ether oxygens (including phenoxy) is 6. The van der Waals surface area contributed by atoms with Crippen LogP contribution < -0.4 is 18.9 Å². The number of fused-ring (bicyclic) bond motifs is 12. The van der Waals surface area contributed by atoms with Crippen LogP contribution in [0.4, 0.5) is 17.6 Å². The van der Waals surface area contributed by atoms with Crippen LogP contribution in [-0.2, 0) is 87.2 Å². The number of carbonyl (C=O) groups is 4. The van der Waals surface area contributed by atoms with Gasteiger partial charge in [0.25, 0.3) is 11.8 Å². The van der Waals surface area contributed by atoms with Crippen molar-refractivity contribution in [2.45, 2.75) is 243 Å². The van der Waals surface area contributed by atoms with E-state index in [4.69, 9.17) is 28.4 Å². The molecule has 24 heteroatoms. The minimum atomic E-state index is -3.36. The van der Waals surface area contributed by atoms with E-state index < -0.39 is 106 Å². The quantitative estimate of drug-likeness (QED) is 0.0996. The van der Waals surface area contributed by atoms with E-state index in [1.807, 2.05) is 19.5 Å². The maximum atomic E-state index is 16.1. The summed E-state index contributed by atoms with van der Waals surface area (Å²) in [6, 6.07) is 7.75. The zero-order valence-electron chi connectivity index (χ0n) is 57.6. The van der Waals surface area contributed by atoms with Crippen molar-refractivity contribution in [2.75, 3.05) is 27.3 Å². The summed E-state index contributed by atoms with van der Waals surface area (Å²) in [7, 11) is 3.01. The van der Waals surface area contributed by atoms with E-state index in [0.717, 1.165) is 89.9 Å². The molecule has 2 amide bonds. The van der Waals surface area contributed by atoms with Crippen LogP contribution in [0.5, 0.6) is 23.3 Å². The Labute approximate surface area is 596 Å². The average Bonchev–Trinajstić information content (AvgIpc) is 1.56. The van der Waals surface area contributed by atoms with Crippen LogP contribution in [0.3, 0.4) is 0 Å². The molecule has 6 heterocycles. The molecule has 532 valence electrons. The fourth-order valence-electron chi connectivity index (χ4n) is 18.0. The predicted octanol–water partition coefficient (Wildman–Crippen LogP) is 13.6. The Morgan fingerprint density at radius 2 is 0.959 bits per heavy atom. The number of amides is 2. The maximum absolute atomic E-state index is 16.1. The van der Waals surface area contributed by atoms with Gasteiger partial charge in [-0.15, -0.1) is 0 Å². The second-order valence-electron chi connectivity index (χ2n) is 30.4. The smallest absolute Gasteiger partial charge is 0.307 e. The molecular weight excluding hydrogens is 1340 g/mol. The maximum Gasteiger partial charge on any atom is 0.307 e. The Kier molecular flexibility index (Phi) is 23.4. The molecule has 4 aromatic rings. The Hall–Kier alpha value is -5.57. The summed E-state index contributed by atoms with van der Waals surface area (Å²) in [4.78, 5) is 102. The van der Waals surface area contributed by atoms with Gasteiger partial charge in [0.15, 0.2) is 11.4 Å². The van der Waals surface area contributed by atoms with E-state index >= 15 is 17.6 Å². The van der Waals surface area contributed by atoms with E-state index in [9.17, 15) is 28.8 Å². The average molecular weight is 1440 g/mol. The van der Waals surface area contributed by atoms with Crippen molar-refractivity contribution in [3.05, 3.63) is 47.8 Å². The van der Waals surface area contributed by atoms with E-state index in [2.05, 4.69) is 33.8 Å². The van der Waals surface area contributed by atoms with Gasteiger partial charge in [-0.05, 0) is 161 Å². The third-order valence-electron chi connectivity index (χ3n) is 24.1. The molecule has 0 spiro atoms. The molecule has 2 radical (unpaired) electrons. The number of nitrogens with zero attached hydrogens (tertiary/aromatic N) is 6. The molecule has 4 aliphatic heterocycles. The first-order valence-corrected chi connectivity index (χ1v) is 35.5. The Morgan fingerprint density at radius 3 is 1.43 bits per heavy atom. The van der Waals surface area contributed by atoms with E-state index in [-0.39, 0.29) is 134 Å². The number of halogens is 4. The molecule has 18 nitrogen and oxygen atoms in total.